The molecule has 1 atom stereocenters. The number of nitrogens with zero attached hydrogens (tertiary/aromatic N) is 1. The summed E-state index contributed by atoms with van der Waals surface area (Å²) in [7, 11) is 0. The van der Waals surface area contributed by atoms with Crippen LogP contribution in [0.5, 0.6) is 0 Å². The molecule has 2 aromatic carbocycles. The molecule has 0 saturated heterocycles. The molecular formula is C24H30Cl2N2O2S. The van der Waals surface area contributed by atoms with E-state index in [4.69, 9.17) is 23.2 Å². The van der Waals surface area contributed by atoms with Crippen molar-refractivity contribution in [2.45, 2.75) is 52.0 Å². The second-order valence-electron chi connectivity index (χ2n) is 7.51. The van der Waals surface area contributed by atoms with Crippen molar-refractivity contribution >= 4 is 46.8 Å². The second kappa shape index (κ2) is 13.0. The van der Waals surface area contributed by atoms with Gasteiger partial charge in [-0.1, -0.05) is 66.9 Å². The molecule has 0 heterocycles. The highest BCUT2D eigenvalue weighted by molar-refractivity contribution is 7.99. The van der Waals surface area contributed by atoms with Gasteiger partial charge >= 0.3 is 0 Å². The molecule has 7 heteroatoms. The van der Waals surface area contributed by atoms with Gasteiger partial charge in [0.15, 0.2) is 0 Å². The van der Waals surface area contributed by atoms with Gasteiger partial charge in [-0.05, 0) is 49.1 Å². The maximum atomic E-state index is 13.1. The fourth-order valence-electron chi connectivity index (χ4n) is 3.06. The molecule has 168 valence electrons. The van der Waals surface area contributed by atoms with Crippen molar-refractivity contribution in [3.63, 3.8) is 0 Å². The largest absolute Gasteiger partial charge is 0.354 e. The first kappa shape index (κ1) is 25.6. The van der Waals surface area contributed by atoms with E-state index in [9.17, 15) is 9.59 Å². The Balaban J connectivity index is 2.06. The minimum atomic E-state index is -0.547. The van der Waals surface area contributed by atoms with Gasteiger partial charge in [0, 0.05) is 18.8 Å². The maximum absolute atomic E-state index is 13.1. The summed E-state index contributed by atoms with van der Waals surface area (Å²) in [4.78, 5) is 27.5. The Bertz CT molecular complexity index is 892. The topological polar surface area (TPSA) is 49.4 Å². The monoisotopic (exact) mass is 480 g/mol. The Kier molecular flexibility index (Phi) is 10.7. The predicted octanol–water partition coefficient (Wildman–Crippen LogP) is 5.87. The number of thioether (sulfide) groups is 1. The average molecular weight is 481 g/mol. The van der Waals surface area contributed by atoms with E-state index in [-0.39, 0.29) is 17.6 Å². The van der Waals surface area contributed by atoms with E-state index in [1.54, 1.807) is 17.9 Å². The number of hydrogen-bond donors (Lipinski definition) is 1. The Morgan fingerprint density at radius 2 is 1.87 bits per heavy atom. The first-order chi connectivity index (χ1) is 14.8. The van der Waals surface area contributed by atoms with E-state index < -0.39 is 6.04 Å². The SMILES string of the molecule is CCCCNC(=O)[C@@H](C)N(Cc1ccccc1C)C(=O)CSCc1ccc(Cl)c(Cl)c1. The van der Waals surface area contributed by atoms with E-state index in [1.165, 1.54) is 11.8 Å². The first-order valence-corrected chi connectivity index (χ1v) is 12.4. The van der Waals surface area contributed by atoms with Gasteiger partial charge in [-0.2, -0.15) is 0 Å². The van der Waals surface area contributed by atoms with Crippen LogP contribution in [0.25, 0.3) is 0 Å². The molecule has 0 aliphatic heterocycles. The van der Waals surface area contributed by atoms with Crippen molar-refractivity contribution in [1.82, 2.24) is 10.2 Å². The number of nitrogens with one attached hydrogen (secondary N) is 1. The number of carbonyl (C=O) groups excluding carboxylic acids is 2. The van der Waals surface area contributed by atoms with Crippen molar-refractivity contribution in [1.29, 1.82) is 0 Å². The van der Waals surface area contributed by atoms with Crippen LogP contribution in [0, 0.1) is 6.92 Å². The number of unbranched alkanes of at least 4 members (excludes halogenated alkanes) is 1. The van der Waals surface area contributed by atoms with E-state index >= 15 is 0 Å². The fraction of sp³-hybridized carbons (Fsp3) is 0.417. The fourth-order valence-corrected chi connectivity index (χ4v) is 4.24. The third kappa shape index (κ3) is 8.06. The average Bonchev–Trinajstić information content (AvgIpc) is 2.75. The number of aryl methyl sites for hydroxylation is 1. The first-order valence-electron chi connectivity index (χ1n) is 10.5. The molecule has 2 aromatic rings. The highest BCUT2D eigenvalue weighted by Gasteiger charge is 2.26. The van der Waals surface area contributed by atoms with Crippen molar-refractivity contribution < 1.29 is 9.59 Å². The van der Waals surface area contributed by atoms with Crippen molar-refractivity contribution in [2.24, 2.45) is 0 Å². The van der Waals surface area contributed by atoms with Gasteiger partial charge in [-0.3, -0.25) is 9.59 Å². The summed E-state index contributed by atoms with van der Waals surface area (Å²) in [6.45, 7) is 6.91. The molecule has 0 aliphatic rings. The lowest BCUT2D eigenvalue weighted by Crippen LogP contribution is -2.48. The summed E-state index contributed by atoms with van der Waals surface area (Å²) in [5.74, 6) is 0.729. The van der Waals surface area contributed by atoms with E-state index in [1.807, 2.05) is 43.3 Å². The Hall–Kier alpha value is -1.69. The summed E-state index contributed by atoms with van der Waals surface area (Å²) in [6.07, 6.45) is 1.93. The Labute approximate surface area is 199 Å². The quantitative estimate of drug-likeness (QED) is 0.409. The molecule has 0 unspecified atom stereocenters. The zero-order valence-electron chi connectivity index (χ0n) is 18.3. The number of halogens is 2. The zero-order valence-corrected chi connectivity index (χ0v) is 20.6. The van der Waals surface area contributed by atoms with Crippen LogP contribution in [0.4, 0.5) is 0 Å². The molecule has 1 N–H and O–H groups in total. The van der Waals surface area contributed by atoms with Crippen molar-refractivity contribution in [2.75, 3.05) is 12.3 Å². The van der Waals surface area contributed by atoms with Gasteiger partial charge in [0.25, 0.3) is 0 Å². The summed E-state index contributed by atoms with van der Waals surface area (Å²) in [6, 6.07) is 12.9. The molecule has 0 spiro atoms. The van der Waals surface area contributed by atoms with Crippen LogP contribution >= 0.6 is 35.0 Å². The van der Waals surface area contributed by atoms with Crippen LogP contribution in [-0.2, 0) is 21.9 Å². The molecule has 0 fully saturated rings. The number of carbonyl (C=O) groups is 2. The van der Waals surface area contributed by atoms with Gasteiger partial charge in [0.1, 0.15) is 6.04 Å². The van der Waals surface area contributed by atoms with Gasteiger partial charge in [0.05, 0.1) is 15.8 Å². The molecule has 2 amide bonds. The molecule has 0 bridgehead atoms. The van der Waals surface area contributed by atoms with E-state index in [2.05, 4.69) is 12.2 Å². The van der Waals surface area contributed by atoms with Crippen molar-refractivity contribution in [3.8, 4) is 0 Å². The Morgan fingerprint density at radius 1 is 1.13 bits per heavy atom. The number of benzene rings is 2. The van der Waals surface area contributed by atoms with Gasteiger partial charge in [-0.25, -0.2) is 0 Å². The van der Waals surface area contributed by atoms with Crippen LogP contribution in [-0.4, -0.2) is 35.1 Å². The predicted molar refractivity (Wildman–Crippen MR) is 132 cm³/mol. The maximum Gasteiger partial charge on any atom is 0.242 e. The summed E-state index contributed by atoms with van der Waals surface area (Å²) < 4.78 is 0. The van der Waals surface area contributed by atoms with Crippen molar-refractivity contribution in [3.05, 3.63) is 69.2 Å². The van der Waals surface area contributed by atoms with Gasteiger partial charge < -0.3 is 10.2 Å². The van der Waals surface area contributed by atoms with Gasteiger partial charge in [0.2, 0.25) is 11.8 Å². The highest BCUT2D eigenvalue weighted by atomic mass is 35.5. The van der Waals surface area contributed by atoms with Gasteiger partial charge in [-0.15, -0.1) is 11.8 Å². The molecule has 0 saturated carbocycles. The third-order valence-corrected chi connectivity index (χ3v) is 6.80. The van der Waals surface area contributed by atoms with Crippen LogP contribution in [0.3, 0.4) is 0 Å². The lowest BCUT2D eigenvalue weighted by Gasteiger charge is -2.29. The third-order valence-electron chi connectivity index (χ3n) is 5.08. The molecule has 4 nitrogen and oxygen atoms in total. The minimum absolute atomic E-state index is 0.0635. The summed E-state index contributed by atoms with van der Waals surface area (Å²) in [5.41, 5.74) is 3.14. The molecule has 0 radical (unpaired) electrons. The van der Waals surface area contributed by atoms with Crippen LogP contribution in [0.2, 0.25) is 10.0 Å². The second-order valence-corrected chi connectivity index (χ2v) is 9.31. The van der Waals surface area contributed by atoms with E-state index in [0.717, 1.165) is 29.5 Å². The van der Waals surface area contributed by atoms with Crippen LogP contribution in [0.1, 0.15) is 43.4 Å². The Morgan fingerprint density at radius 3 is 2.55 bits per heavy atom. The standard InChI is InChI=1S/C24H30Cl2N2O2S/c1-4-5-12-27-24(30)18(3)28(14-20-9-7-6-8-17(20)2)23(29)16-31-15-19-10-11-21(25)22(26)13-19/h6-11,13,18H,4-5,12,14-16H2,1-3H3,(H,27,30)/t18-/m1/s1. The number of rotatable bonds is 11. The zero-order chi connectivity index (χ0) is 22.8. The highest BCUT2D eigenvalue weighted by Crippen LogP contribution is 2.25. The lowest BCUT2D eigenvalue weighted by atomic mass is 10.1. The van der Waals surface area contributed by atoms with Crippen LogP contribution in [0.15, 0.2) is 42.5 Å². The number of amides is 2. The molecule has 2 rings (SSSR count). The lowest BCUT2D eigenvalue weighted by molar-refractivity contribution is -0.138. The molecular weight excluding hydrogens is 451 g/mol. The van der Waals surface area contributed by atoms with Crippen LogP contribution < -0.4 is 5.32 Å². The molecule has 31 heavy (non-hydrogen) atoms. The summed E-state index contributed by atoms with van der Waals surface area (Å²) >= 11 is 13.5. The smallest absolute Gasteiger partial charge is 0.242 e. The molecule has 0 aliphatic carbocycles. The summed E-state index contributed by atoms with van der Waals surface area (Å²) in [5, 5.41) is 3.96. The normalized spacial score (nSPS) is 11.8. The van der Waals surface area contributed by atoms with E-state index in [0.29, 0.717) is 28.9 Å². The number of hydrogen-bond acceptors (Lipinski definition) is 3. The molecule has 0 aromatic heterocycles. The minimum Gasteiger partial charge on any atom is -0.354 e.